The maximum absolute atomic E-state index is 12.4. The third-order valence-corrected chi connectivity index (χ3v) is 4.04. The van der Waals surface area contributed by atoms with Crippen molar-refractivity contribution in [1.82, 2.24) is 20.9 Å². The van der Waals surface area contributed by atoms with Gasteiger partial charge in [0.2, 0.25) is 5.91 Å². The number of urea groups is 1. The number of imide groups is 1. The molecule has 3 N–H and O–H groups in total. The highest BCUT2D eigenvalue weighted by molar-refractivity contribution is 6.07. The topological polar surface area (TPSA) is 99.8 Å². The van der Waals surface area contributed by atoms with Crippen LogP contribution < -0.4 is 16.0 Å². The van der Waals surface area contributed by atoms with Crippen molar-refractivity contribution in [1.29, 1.82) is 0 Å². The molecule has 3 aliphatic heterocycles. The molecule has 8 heteroatoms. The summed E-state index contributed by atoms with van der Waals surface area (Å²) in [5.74, 6) is -0.412. The van der Waals surface area contributed by atoms with Crippen molar-refractivity contribution in [2.75, 3.05) is 32.8 Å². The van der Waals surface area contributed by atoms with Crippen molar-refractivity contribution in [3.63, 3.8) is 0 Å². The second-order valence-corrected chi connectivity index (χ2v) is 5.44. The predicted octanol–water partition coefficient (Wildman–Crippen LogP) is -1.82. The highest BCUT2D eigenvalue weighted by Gasteiger charge is 2.50. The highest BCUT2D eigenvalue weighted by Crippen LogP contribution is 2.25. The lowest BCUT2D eigenvalue weighted by atomic mass is 9.89. The lowest BCUT2D eigenvalue weighted by Gasteiger charge is -2.39. The van der Waals surface area contributed by atoms with E-state index in [0.717, 1.165) is 0 Å². The summed E-state index contributed by atoms with van der Waals surface area (Å²) in [6, 6.07) is -0.845. The van der Waals surface area contributed by atoms with Crippen LogP contribution in [-0.2, 0) is 14.3 Å². The fraction of sp³-hybridized carbons (Fsp3) is 0.750. The Morgan fingerprint density at radius 3 is 2.90 bits per heavy atom. The molecule has 1 spiro atoms. The van der Waals surface area contributed by atoms with Crippen molar-refractivity contribution < 1.29 is 19.1 Å². The SMILES string of the molecule is O=C1NC(=O)C2(CCCN(C(=O)C3COCCN3)C2)N1. The third-order valence-electron chi connectivity index (χ3n) is 4.04. The van der Waals surface area contributed by atoms with Crippen molar-refractivity contribution in [2.24, 2.45) is 0 Å². The van der Waals surface area contributed by atoms with Gasteiger partial charge in [0.05, 0.1) is 19.8 Å². The van der Waals surface area contributed by atoms with E-state index >= 15 is 0 Å². The van der Waals surface area contributed by atoms with E-state index in [-0.39, 0.29) is 24.4 Å². The number of ether oxygens (including phenoxy) is 1. The quantitative estimate of drug-likeness (QED) is 0.492. The van der Waals surface area contributed by atoms with Crippen LogP contribution in [0.1, 0.15) is 12.8 Å². The molecule has 0 radical (unpaired) electrons. The Hall–Kier alpha value is -1.67. The van der Waals surface area contributed by atoms with E-state index in [0.29, 0.717) is 39.1 Å². The van der Waals surface area contributed by atoms with Gasteiger partial charge in [0, 0.05) is 13.1 Å². The molecule has 0 saturated carbocycles. The summed E-state index contributed by atoms with van der Waals surface area (Å²) in [7, 11) is 0. The molecule has 0 aromatic heterocycles. The highest BCUT2D eigenvalue weighted by atomic mass is 16.5. The molecule has 0 aliphatic carbocycles. The van der Waals surface area contributed by atoms with Gasteiger partial charge in [-0.3, -0.25) is 14.9 Å². The Labute approximate surface area is 116 Å². The summed E-state index contributed by atoms with van der Waals surface area (Å²) in [6.45, 7) is 2.42. The van der Waals surface area contributed by atoms with Gasteiger partial charge in [-0.25, -0.2) is 4.79 Å². The van der Waals surface area contributed by atoms with Crippen molar-refractivity contribution in [3.05, 3.63) is 0 Å². The summed E-state index contributed by atoms with van der Waals surface area (Å²) in [5.41, 5.74) is -0.958. The standard InChI is InChI=1S/C12H18N4O4/c17-9(8-6-20-5-3-13-8)16-4-1-2-12(7-16)10(18)14-11(19)15-12/h8,13H,1-7H2,(H2,14,15,18,19). The van der Waals surface area contributed by atoms with Crippen molar-refractivity contribution in [2.45, 2.75) is 24.4 Å². The molecule has 2 atom stereocenters. The zero-order chi connectivity index (χ0) is 14.2. The molecular formula is C12H18N4O4. The van der Waals surface area contributed by atoms with Crippen LogP contribution in [0.4, 0.5) is 4.79 Å². The van der Waals surface area contributed by atoms with Crippen LogP contribution >= 0.6 is 0 Å². The Kier molecular flexibility index (Phi) is 3.35. The van der Waals surface area contributed by atoms with Gasteiger partial charge in [-0.1, -0.05) is 0 Å². The molecule has 3 aliphatic rings. The molecule has 0 bridgehead atoms. The van der Waals surface area contributed by atoms with Gasteiger partial charge in [0.25, 0.3) is 5.91 Å². The largest absolute Gasteiger partial charge is 0.378 e. The minimum absolute atomic E-state index is 0.0716. The first-order valence-corrected chi connectivity index (χ1v) is 6.84. The fourth-order valence-electron chi connectivity index (χ4n) is 3.00. The minimum atomic E-state index is -0.958. The van der Waals surface area contributed by atoms with Crippen molar-refractivity contribution >= 4 is 17.8 Å². The molecule has 3 heterocycles. The number of amides is 4. The first kappa shape index (κ1) is 13.3. The summed E-state index contributed by atoms with van der Waals surface area (Å²) in [5, 5.41) is 8.02. The number of morpholine rings is 1. The number of hydrogen-bond acceptors (Lipinski definition) is 5. The van der Waals surface area contributed by atoms with Gasteiger partial charge in [0.1, 0.15) is 11.6 Å². The number of hydrogen-bond donors (Lipinski definition) is 3. The van der Waals surface area contributed by atoms with Crippen LogP contribution in [0.15, 0.2) is 0 Å². The van der Waals surface area contributed by atoms with Crippen LogP contribution in [0.2, 0.25) is 0 Å². The third kappa shape index (κ3) is 2.25. The summed E-state index contributed by atoms with van der Waals surface area (Å²) in [6.07, 6.45) is 1.25. The normalized spacial score (nSPS) is 34.0. The second-order valence-electron chi connectivity index (χ2n) is 5.44. The first-order chi connectivity index (χ1) is 9.61. The zero-order valence-corrected chi connectivity index (χ0v) is 11.1. The molecule has 0 aromatic rings. The summed E-state index contributed by atoms with van der Waals surface area (Å²) < 4.78 is 5.29. The average Bonchev–Trinajstić information content (AvgIpc) is 2.73. The van der Waals surface area contributed by atoms with Gasteiger partial charge in [-0.15, -0.1) is 0 Å². The van der Waals surface area contributed by atoms with E-state index in [1.165, 1.54) is 0 Å². The summed E-state index contributed by atoms with van der Waals surface area (Å²) in [4.78, 5) is 37.3. The minimum Gasteiger partial charge on any atom is -0.378 e. The number of nitrogens with one attached hydrogen (secondary N) is 3. The van der Waals surface area contributed by atoms with E-state index in [1.807, 2.05) is 0 Å². The maximum Gasteiger partial charge on any atom is 0.322 e. The van der Waals surface area contributed by atoms with E-state index in [1.54, 1.807) is 4.90 Å². The number of rotatable bonds is 1. The molecule has 3 saturated heterocycles. The zero-order valence-electron chi connectivity index (χ0n) is 11.1. The molecule has 20 heavy (non-hydrogen) atoms. The van der Waals surface area contributed by atoms with Crippen LogP contribution in [0.25, 0.3) is 0 Å². The van der Waals surface area contributed by atoms with Crippen molar-refractivity contribution in [3.8, 4) is 0 Å². The van der Waals surface area contributed by atoms with Gasteiger partial charge in [0.15, 0.2) is 0 Å². The van der Waals surface area contributed by atoms with E-state index < -0.39 is 11.6 Å². The number of carbonyl (C=O) groups is 3. The van der Waals surface area contributed by atoms with Gasteiger partial charge >= 0.3 is 6.03 Å². The molecule has 0 aromatic carbocycles. The fourth-order valence-corrected chi connectivity index (χ4v) is 3.00. The van der Waals surface area contributed by atoms with Gasteiger partial charge in [-0.05, 0) is 12.8 Å². The van der Waals surface area contributed by atoms with Crippen LogP contribution in [0.5, 0.6) is 0 Å². The van der Waals surface area contributed by atoms with E-state index in [9.17, 15) is 14.4 Å². The Bertz CT molecular complexity index is 449. The molecule has 8 nitrogen and oxygen atoms in total. The lowest BCUT2D eigenvalue weighted by Crippen LogP contribution is -2.62. The predicted molar refractivity (Wildman–Crippen MR) is 67.8 cm³/mol. The molecule has 3 rings (SSSR count). The number of carbonyl (C=O) groups excluding carboxylic acids is 3. The van der Waals surface area contributed by atoms with Crippen LogP contribution in [0, 0.1) is 0 Å². The Morgan fingerprint density at radius 1 is 1.40 bits per heavy atom. The second kappa shape index (κ2) is 5.02. The van der Waals surface area contributed by atoms with Crippen LogP contribution in [-0.4, -0.2) is 67.2 Å². The van der Waals surface area contributed by atoms with Gasteiger partial charge < -0.3 is 20.3 Å². The first-order valence-electron chi connectivity index (χ1n) is 6.84. The number of piperidine rings is 1. The Balaban J connectivity index is 1.70. The molecule has 110 valence electrons. The molecule has 2 unspecified atom stereocenters. The average molecular weight is 282 g/mol. The monoisotopic (exact) mass is 282 g/mol. The smallest absolute Gasteiger partial charge is 0.322 e. The number of likely N-dealkylation sites (tertiary alicyclic amines) is 1. The molecular weight excluding hydrogens is 264 g/mol. The number of nitrogens with zero attached hydrogens (tertiary/aromatic N) is 1. The molecule has 4 amide bonds. The molecule has 3 fully saturated rings. The van der Waals surface area contributed by atoms with E-state index in [2.05, 4.69) is 16.0 Å². The van der Waals surface area contributed by atoms with Crippen LogP contribution in [0.3, 0.4) is 0 Å². The van der Waals surface area contributed by atoms with Gasteiger partial charge in [-0.2, -0.15) is 0 Å². The van der Waals surface area contributed by atoms with E-state index in [4.69, 9.17) is 4.74 Å². The maximum atomic E-state index is 12.4. The lowest BCUT2D eigenvalue weighted by molar-refractivity contribution is -0.140. The summed E-state index contributed by atoms with van der Waals surface area (Å²) >= 11 is 0. The Morgan fingerprint density at radius 2 is 2.25 bits per heavy atom.